The summed E-state index contributed by atoms with van der Waals surface area (Å²) in [5.74, 6) is 2.68. The molecule has 0 amide bonds. The van der Waals surface area contributed by atoms with Crippen molar-refractivity contribution in [3.05, 3.63) is 22.3 Å². The van der Waals surface area contributed by atoms with Crippen LogP contribution in [0.5, 0.6) is 0 Å². The summed E-state index contributed by atoms with van der Waals surface area (Å²) in [6.07, 6.45) is 5.95. The number of anilines is 1. The van der Waals surface area contributed by atoms with Crippen molar-refractivity contribution < 1.29 is 5.11 Å². The molecule has 0 aromatic carbocycles. The van der Waals surface area contributed by atoms with Crippen LogP contribution in [0.25, 0.3) is 0 Å². The maximum atomic E-state index is 9.42. The molecule has 2 atom stereocenters. The molecule has 0 spiro atoms. The second-order valence-corrected chi connectivity index (χ2v) is 6.07. The summed E-state index contributed by atoms with van der Waals surface area (Å²) in [5, 5.41) is 9.42. The number of fused-ring (bicyclic) bond motifs is 1. The van der Waals surface area contributed by atoms with Gasteiger partial charge in [0.1, 0.15) is 5.82 Å². The van der Waals surface area contributed by atoms with Gasteiger partial charge in [0, 0.05) is 29.3 Å². The minimum Gasteiger partial charge on any atom is -0.392 e. The molecule has 2 unspecified atom stereocenters. The largest absolute Gasteiger partial charge is 0.392 e. The molecule has 1 aromatic heterocycles. The second kappa shape index (κ2) is 4.58. The van der Waals surface area contributed by atoms with Crippen LogP contribution in [0.15, 0.2) is 16.7 Å². The van der Waals surface area contributed by atoms with E-state index in [-0.39, 0.29) is 6.61 Å². The van der Waals surface area contributed by atoms with Crippen LogP contribution in [-0.4, -0.2) is 23.2 Å². The molecule has 1 N–H and O–H groups in total. The summed E-state index contributed by atoms with van der Waals surface area (Å²) in [5.41, 5.74) is 0.930. The molecule has 1 aromatic rings. The van der Waals surface area contributed by atoms with Gasteiger partial charge in [0.05, 0.1) is 6.61 Å². The molecule has 3 rings (SSSR count). The zero-order valence-electron chi connectivity index (χ0n) is 9.77. The Bertz CT molecular complexity index is 412. The first-order valence-corrected chi connectivity index (χ1v) is 7.07. The van der Waals surface area contributed by atoms with Crippen LogP contribution in [0, 0.1) is 11.8 Å². The first-order valence-electron chi connectivity index (χ1n) is 6.28. The lowest BCUT2D eigenvalue weighted by Crippen LogP contribution is -2.23. The highest BCUT2D eigenvalue weighted by atomic mass is 79.9. The van der Waals surface area contributed by atoms with Gasteiger partial charge in [-0.2, -0.15) is 0 Å². The van der Waals surface area contributed by atoms with E-state index in [0.29, 0.717) is 0 Å². The Labute approximate surface area is 110 Å². The summed E-state index contributed by atoms with van der Waals surface area (Å²) in [4.78, 5) is 6.83. The SMILES string of the molecule is OCc1cc(Br)cnc1N1CC2CCCC2C1. The first-order chi connectivity index (χ1) is 8.28. The number of aromatic nitrogens is 1. The molecular weight excluding hydrogens is 280 g/mol. The molecule has 0 bridgehead atoms. The highest BCUT2D eigenvalue weighted by Crippen LogP contribution is 2.39. The predicted octanol–water partition coefficient (Wildman–Crippen LogP) is 2.57. The number of aliphatic hydroxyl groups is 1. The van der Waals surface area contributed by atoms with E-state index in [4.69, 9.17) is 0 Å². The summed E-state index contributed by atoms with van der Waals surface area (Å²) >= 11 is 3.40. The quantitative estimate of drug-likeness (QED) is 0.911. The minimum atomic E-state index is 0.0631. The molecule has 2 aliphatic rings. The van der Waals surface area contributed by atoms with Crippen molar-refractivity contribution in [2.45, 2.75) is 25.9 Å². The Morgan fingerprint density at radius 1 is 1.35 bits per heavy atom. The smallest absolute Gasteiger partial charge is 0.134 e. The van der Waals surface area contributed by atoms with Crippen molar-refractivity contribution in [1.82, 2.24) is 4.98 Å². The maximum Gasteiger partial charge on any atom is 0.134 e. The summed E-state index contributed by atoms with van der Waals surface area (Å²) < 4.78 is 0.935. The van der Waals surface area contributed by atoms with E-state index in [1.165, 1.54) is 19.3 Å². The van der Waals surface area contributed by atoms with Gasteiger partial charge in [0.25, 0.3) is 0 Å². The van der Waals surface area contributed by atoms with Gasteiger partial charge < -0.3 is 10.0 Å². The van der Waals surface area contributed by atoms with Crippen molar-refractivity contribution >= 4 is 21.7 Å². The van der Waals surface area contributed by atoms with Gasteiger partial charge in [-0.15, -0.1) is 0 Å². The minimum absolute atomic E-state index is 0.0631. The first kappa shape index (κ1) is 11.5. The molecule has 3 nitrogen and oxygen atoms in total. The number of aliphatic hydroxyl groups excluding tert-OH is 1. The molecular formula is C13H17BrN2O. The summed E-state index contributed by atoms with van der Waals surface area (Å²) in [7, 11) is 0. The van der Waals surface area contributed by atoms with Gasteiger partial charge in [-0.3, -0.25) is 0 Å². The molecule has 2 fully saturated rings. The molecule has 4 heteroatoms. The molecule has 17 heavy (non-hydrogen) atoms. The Morgan fingerprint density at radius 2 is 2.06 bits per heavy atom. The Balaban J connectivity index is 1.85. The van der Waals surface area contributed by atoms with Crippen molar-refractivity contribution in [1.29, 1.82) is 0 Å². The zero-order chi connectivity index (χ0) is 11.8. The van der Waals surface area contributed by atoms with Crippen LogP contribution in [0.3, 0.4) is 0 Å². The Kier molecular flexibility index (Phi) is 3.09. The molecule has 1 saturated heterocycles. The molecule has 1 aliphatic heterocycles. The van der Waals surface area contributed by atoms with Crippen molar-refractivity contribution in [3.63, 3.8) is 0 Å². The van der Waals surface area contributed by atoms with Gasteiger partial charge >= 0.3 is 0 Å². The number of halogens is 1. The molecule has 2 heterocycles. The third kappa shape index (κ3) is 2.08. The fourth-order valence-corrected chi connectivity index (χ4v) is 3.66. The highest BCUT2D eigenvalue weighted by molar-refractivity contribution is 9.10. The lowest BCUT2D eigenvalue weighted by atomic mass is 10.0. The number of pyridine rings is 1. The van der Waals surface area contributed by atoms with E-state index in [0.717, 1.165) is 40.8 Å². The van der Waals surface area contributed by atoms with Crippen molar-refractivity contribution in [2.24, 2.45) is 11.8 Å². The zero-order valence-corrected chi connectivity index (χ0v) is 11.4. The average molecular weight is 297 g/mol. The summed E-state index contributed by atoms with van der Waals surface area (Å²) in [6.45, 7) is 2.30. The van der Waals surface area contributed by atoms with Crippen LogP contribution in [0.1, 0.15) is 24.8 Å². The Morgan fingerprint density at radius 3 is 2.71 bits per heavy atom. The number of nitrogens with zero attached hydrogens (tertiary/aromatic N) is 2. The lowest BCUT2D eigenvalue weighted by molar-refractivity contribution is 0.281. The maximum absolute atomic E-state index is 9.42. The lowest BCUT2D eigenvalue weighted by Gasteiger charge is -2.21. The van der Waals surface area contributed by atoms with E-state index in [1.807, 2.05) is 12.3 Å². The molecule has 1 saturated carbocycles. The molecule has 92 valence electrons. The van der Waals surface area contributed by atoms with Crippen LogP contribution in [-0.2, 0) is 6.61 Å². The third-order valence-electron chi connectivity index (χ3n) is 4.11. The van der Waals surface area contributed by atoms with Gasteiger partial charge in [-0.25, -0.2) is 4.98 Å². The van der Waals surface area contributed by atoms with Crippen LogP contribution in [0.4, 0.5) is 5.82 Å². The van der Waals surface area contributed by atoms with E-state index in [9.17, 15) is 5.11 Å². The van der Waals surface area contributed by atoms with E-state index in [1.54, 1.807) is 0 Å². The standard InChI is InChI=1S/C13H17BrN2O/c14-12-4-11(8-17)13(15-5-12)16-6-9-2-1-3-10(9)7-16/h4-5,9-10,17H,1-3,6-8H2. The fourth-order valence-electron chi connectivity index (χ4n) is 3.28. The van der Waals surface area contributed by atoms with Crippen LogP contribution < -0.4 is 4.90 Å². The number of hydrogen-bond donors (Lipinski definition) is 1. The summed E-state index contributed by atoms with van der Waals surface area (Å²) in [6, 6.07) is 1.97. The fraction of sp³-hybridized carbons (Fsp3) is 0.615. The van der Waals surface area contributed by atoms with Gasteiger partial charge in [0.15, 0.2) is 0 Å². The van der Waals surface area contributed by atoms with E-state index >= 15 is 0 Å². The molecule has 0 radical (unpaired) electrons. The normalized spacial score (nSPS) is 27.5. The number of hydrogen-bond acceptors (Lipinski definition) is 3. The van der Waals surface area contributed by atoms with E-state index < -0.39 is 0 Å². The third-order valence-corrected chi connectivity index (χ3v) is 4.54. The van der Waals surface area contributed by atoms with Crippen LogP contribution in [0.2, 0.25) is 0 Å². The highest BCUT2D eigenvalue weighted by Gasteiger charge is 2.37. The van der Waals surface area contributed by atoms with Gasteiger partial charge in [0.2, 0.25) is 0 Å². The second-order valence-electron chi connectivity index (χ2n) is 5.15. The Hall–Kier alpha value is -0.610. The topological polar surface area (TPSA) is 36.4 Å². The van der Waals surface area contributed by atoms with Gasteiger partial charge in [-0.1, -0.05) is 6.42 Å². The van der Waals surface area contributed by atoms with Gasteiger partial charge in [-0.05, 0) is 46.7 Å². The number of rotatable bonds is 2. The molecule has 1 aliphatic carbocycles. The van der Waals surface area contributed by atoms with Crippen molar-refractivity contribution in [3.8, 4) is 0 Å². The van der Waals surface area contributed by atoms with Crippen LogP contribution >= 0.6 is 15.9 Å². The predicted molar refractivity (Wildman–Crippen MR) is 70.9 cm³/mol. The average Bonchev–Trinajstić information content (AvgIpc) is 2.89. The monoisotopic (exact) mass is 296 g/mol. The van der Waals surface area contributed by atoms with Crippen molar-refractivity contribution in [2.75, 3.05) is 18.0 Å². The van der Waals surface area contributed by atoms with E-state index in [2.05, 4.69) is 25.8 Å².